The molecule has 1 aromatic carbocycles. The van der Waals surface area contributed by atoms with Crippen LogP contribution in [0.5, 0.6) is 0 Å². The van der Waals surface area contributed by atoms with Gasteiger partial charge in [-0.05, 0) is 25.0 Å². The van der Waals surface area contributed by atoms with Gasteiger partial charge in [0.15, 0.2) is 0 Å². The summed E-state index contributed by atoms with van der Waals surface area (Å²) in [6, 6.07) is 11.9. The molecular weight excluding hydrogens is 264 g/mol. The summed E-state index contributed by atoms with van der Waals surface area (Å²) in [6.45, 7) is 2.57. The third kappa shape index (κ3) is 4.55. The standard InChI is InChI=1S/C16H22N4O/c17-9-4-10-20(15-5-2-1-3-6-15)16(21)13-19-11-7-14(18)8-12-19/h1-3,5-6,14H,4,7-8,10-13,18H2. The molecule has 0 aliphatic carbocycles. The first-order chi connectivity index (χ1) is 10.2. The minimum atomic E-state index is 0.0481. The van der Waals surface area contributed by atoms with Crippen molar-refractivity contribution < 1.29 is 4.79 Å². The molecule has 1 fully saturated rings. The maximum Gasteiger partial charge on any atom is 0.241 e. The van der Waals surface area contributed by atoms with E-state index in [0.717, 1.165) is 31.6 Å². The number of amides is 1. The number of anilines is 1. The molecule has 1 heterocycles. The molecule has 5 nitrogen and oxygen atoms in total. The van der Waals surface area contributed by atoms with Gasteiger partial charge in [0.1, 0.15) is 0 Å². The molecule has 0 saturated carbocycles. The van der Waals surface area contributed by atoms with Crippen molar-refractivity contribution in [1.29, 1.82) is 5.26 Å². The number of nitrogens with two attached hydrogens (primary N) is 1. The number of carbonyl (C=O) groups excluding carboxylic acids is 1. The maximum absolute atomic E-state index is 12.5. The highest BCUT2D eigenvalue weighted by atomic mass is 16.2. The van der Waals surface area contributed by atoms with Crippen LogP contribution in [0.1, 0.15) is 19.3 Å². The van der Waals surface area contributed by atoms with Gasteiger partial charge in [-0.1, -0.05) is 18.2 Å². The third-order valence-corrected chi connectivity index (χ3v) is 3.81. The van der Waals surface area contributed by atoms with Crippen LogP contribution in [0.2, 0.25) is 0 Å². The predicted octanol–water partition coefficient (Wildman–Crippen LogP) is 1.36. The summed E-state index contributed by atoms with van der Waals surface area (Å²) in [4.78, 5) is 16.4. The normalized spacial score (nSPS) is 16.4. The van der Waals surface area contributed by atoms with Gasteiger partial charge in [-0.15, -0.1) is 0 Å². The SMILES string of the molecule is N#CCCN(C(=O)CN1CCC(N)CC1)c1ccccc1. The maximum atomic E-state index is 12.5. The van der Waals surface area contributed by atoms with E-state index in [-0.39, 0.29) is 11.9 Å². The van der Waals surface area contributed by atoms with Crippen LogP contribution in [-0.4, -0.2) is 43.0 Å². The highest BCUT2D eigenvalue weighted by Crippen LogP contribution is 2.15. The van der Waals surface area contributed by atoms with Crippen molar-refractivity contribution in [2.45, 2.75) is 25.3 Å². The number of likely N-dealkylation sites (tertiary alicyclic amines) is 1. The number of para-hydroxylation sites is 1. The van der Waals surface area contributed by atoms with E-state index in [0.29, 0.717) is 19.5 Å². The van der Waals surface area contributed by atoms with Gasteiger partial charge in [0, 0.05) is 31.4 Å². The van der Waals surface area contributed by atoms with Crippen LogP contribution in [0.25, 0.3) is 0 Å². The first-order valence-electron chi connectivity index (χ1n) is 7.41. The average Bonchev–Trinajstić information content (AvgIpc) is 2.51. The van der Waals surface area contributed by atoms with Gasteiger partial charge >= 0.3 is 0 Å². The molecule has 112 valence electrons. The fourth-order valence-electron chi connectivity index (χ4n) is 2.56. The number of carbonyl (C=O) groups is 1. The van der Waals surface area contributed by atoms with Crippen LogP contribution in [0, 0.1) is 11.3 Å². The molecule has 5 heteroatoms. The Bertz CT molecular complexity index is 489. The second kappa shape index (κ2) is 7.77. The lowest BCUT2D eigenvalue weighted by atomic mass is 10.1. The summed E-state index contributed by atoms with van der Waals surface area (Å²) >= 11 is 0. The molecule has 0 unspecified atom stereocenters. The topological polar surface area (TPSA) is 73.4 Å². The average molecular weight is 286 g/mol. The number of hydrogen-bond donors (Lipinski definition) is 1. The lowest BCUT2D eigenvalue weighted by Crippen LogP contribution is -2.46. The lowest BCUT2D eigenvalue weighted by Gasteiger charge is -2.31. The number of piperidine rings is 1. The number of nitriles is 1. The molecule has 21 heavy (non-hydrogen) atoms. The van der Waals surface area contributed by atoms with Gasteiger partial charge in [-0.2, -0.15) is 5.26 Å². The molecule has 0 bridgehead atoms. The van der Waals surface area contributed by atoms with E-state index in [4.69, 9.17) is 11.0 Å². The number of nitrogens with zero attached hydrogens (tertiary/aromatic N) is 3. The highest BCUT2D eigenvalue weighted by molar-refractivity contribution is 5.94. The molecule has 0 spiro atoms. The summed E-state index contributed by atoms with van der Waals surface area (Å²) < 4.78 is 0. The summed E-state index contributed by atoms with van der Waals surface area (Å²) in [5.74, 6) is 0.0481. The first kappa shape index (κ1) is 15.5. The van der Waals surface area contributed by atoms with Crippen LogP contribution in [-0.2, 0) is 4.79 Å². The van der Waals surface area contributed by atoms with Crippen molar-refractivity contribution >= 4 is 11.6 Å². The van der Waals surface area contributed by atoms with E-state index in [1.165, 1.54) is 0 Å². The van der Waals surface area contributed by atoms with Gasteiger partial charge in [-0.3, -0.25) is 9.69 Å². The molecule has 0 atom stereocenters. The third-order valence-electron chi connectivity index (χ3n) is 3.81. The Morgan fingerprint density at radius 1 is 1.33 bits per heavy atom. The van der Waals surface area contributed by atoms with E-state index in [1.54, 1.807) is 4.90 Å². The van der Waals surface area contributed by atoms with Gasteiger partial charge in [0.2, 0.25) is 5.91 Å². The second-order valence-electron chi connectivity index (χ2n) is 5.40. The van der Waals surface area contributed by atoms with Crippen molar-refractivity contribution in [3.63, 3.8) is 0 Å². The highest BCUT2D eigenvalue weighted by Gasteiger charge is 2.22. The molecule has 0 radical (unpaired) electrons. The smallest absolute Gasteiger partial charge is 0.241 e. The molecule has 1 aliphatic rings. The Morgan fingerprint density at radius 2 is 2.00 bits per heavy atom. The van der Waals surface area contributed by atoms with Crippen LogP contribution >= 0.6 is 0 Å². The molecule has 1 aromatic rings. The molecule has 1 saturated heterocycles. The van der Waals surface area contributed by atoms with Crippen molar-refractivity contribution in [2.75, 3.05) is 31.1 Å². The summed E-state index contributed by atoms with van der Waals surface area (Å²) in [7, 11) is 0. The monoisotopic (exact) mass is 286 g/mol. The van der Waals surface area contributed by atoms with E-state index in [1.807, 2.05) is 30.3 Å². The van der Waals surface area contributed by atoms with E-state index >= 15 is 0 Å². The molecule has 2 N–H and O–H groups in total. The Kier molecular flexibility index (Phi) is 5.73. The predicted molar refractivity (Wildman–Crippen MR) is 82.7 cm³/mol. The summed E-state index contributed by atoms with van der Waals surface area (Å²) in [5.41, 5.74) is 6.74. The van der Waals surface area contributed by atoms with Crippen molar-refractivity contribution in [3.05, 3.63) is 30.3 Å². The minimum Gasteiger partial charge on any atom is -0.328 e. The Morgan fingerprint density at radius 3 is 2.62 bits per heavy atom. The minimum absolute atomic E-state index is 0.0481. The van der Waals surface area contributed by atoms with E-state index in [9.17, 15) is 4.79 Å². The Balaban J connectivity index is 1.99. The number of benzene rings is 1. The number of rotatable bonds is 5. The Labute approximate surface area is 125 Å². The van der Waals surface area contributed by atoms with Crippen LogP contribution in [0.15, 0.2) is 30.3 Å². The molecule has 1 aliphatic heterocycles. The van der Waals surface area contributed by atoms with Crippen molar-refractivity contribution in [3.8, 4) is 6.07 Å². The van der Waals surface area contributed by atoms with E-state index in [2.05, 4.69) is 11.0 Å². The molecule has 2 rings (SSSR count). The zero-order valence-corrected chi connectivity index (χ0v) is 12.2. The van der Waals surface area contributed by atoms with Gasteiger partial charge in [-0.25, -0.2) is 0 Å². The van der Waals surface area contributed by atoms with E-state index < -0.39 is 0 Å². The largest absolute Gasteiger partial charge is 0.328 e. The fourth-order valence-corrected chi connectivity index (χ4v) is 2.56. The number of hydrogen-bond acceptors (Lipinski definition) is 4. The molecule has 1 amide bonds. The second-order valence-corrected chi connectivity index (χ2v) is 5.40. The van der Waals surface area contributed by atoms with Crippen molar-refractivity contribution in [1.82, 2.24) is 4.90 Å². The first-order valence-corrected chi connectivity index (χ1v) is 7.41. The van der Waals surface area contributed by atoms with Crippen LogP contribution in [0.3, 0.4) is 0 Å². The fraction of sp³-hybridized carbons (Fsp3) is 0.500. The van der Waals surface area contributed by atoms with Crippen molar-refractivity contribution in [2.24, 2.45) is 5.73 Å². The zero-order valence-electron chi connectivity index (χ0n) is 12.2. The molecular formula is C16H22N4O. The quantitative estimate of drug-likeness (QED) is 0.887. The summed E-state index contributed by atoms with van der Waals surface area (Å²) in [5, 5.41) is 8.78. The van der Waals surface area contributed by atoms with Gasteiger partial charge < -0.3 is 10.6 Å². The lowest BCUT2D eigenvalue weighted by molar-refractivity contribution is -0.120. The Hall–Kier alpha value is -1.90. The van der Waals surface area contributed by atoms with Gasteiger partial charge in [0.25, 0.3) is 0 Å². The molecule has 0 aromatic heterocycles. The van der Waals surface area contributed by atoms with Crippen LogP contribution < -0.4 is 10.6 Å². The van der Waals surface area contributed by atoms with Crippen LogP contribution in [0.4, 0.5) is 5.69 Å². The summed E-state index contributed by atoms with van der Waals surface area (Å²) in [6.07, 6.45) is 2.22. The van der Waals surface area contributed by atoms with Gasteiger partial charge in [0.05, 0.1) is 19.0 Å². The zero-order chi connectivity index (χ0) is 15.1.